The Kier molecular flexibility index (Phi) is 3.36. The number of hydrogen-bond donors (Lipinski definition) is 1. The number of carbonyl (C=O) groups is 1. The zero-order chi connectivity index (χ0) is 13.3. The van der Waals surface area contributed by atoms with Gasteiger partial charge in [0.25, 0.3) is 0 Å². The minimum Gasteiger partial charge on any atom is -0.366 e. The van der Waals surface area contributed by atoms with E-state index in [1.54, 1.807) is 0 Å². The van der Waals surface area contributed by atoms with Gasteiger partial charge in [0.2, 0.25) is 15.9 Å². The maximum absolute atomic E-state index is 13.1. The molecule has 1 aliphatic heterocycles. The van der Waals surface area contributed by atoms with Crippen LogP contribution in [0.15, 0.2) is 29.2 Å². The van der Waals surface area contributed by atoms with Gasteiger partial charge in [0.1, 0.15) is 6.17 Å². The molecule has 2 N–H and O–H groups in total. The molecule has 1 atom stereocenters. The fourth-order valence-corrected chi connectivity index (χ4v) is 3.62. The Hall–Kier alpha value is -1.47. The minimum absolute atomic E-state index is 0.0696. The van der Waals surface area contributed by atoms with E-state index in [1.807, 2.05) is 0 Å². The molecule has 2 rings (SSSR count). The average Bonchev–Trinajstić information content (AvgIpc) is 2.76. The molecule has 1 saturated heterocycles. The lowest BCUT2D eigenvalue weighted by molar-refractivity contribution is 0.0997. The highest BCUT2D eigenvalue weighted by molar-refractivity contribution is 7.89. The molecule has 1 fully saturated rings. The quantitative estimate of drug-likeness (QED) is 0.871. The fraction of sp³-hybridized carbons (Fsp3) is 0.364. The zero-order valence-corrected chi connectivity index (χ0v) is 10.4. The van der Waals surface area contributed by atoms with Gasteiger partial charge >= 0.3 is 0 Å². The van der Waals surface area contributed by atoms with Gasteiger partial charge in [-0.3, -0.25) is 4.79 Å². The summed E-state index contributed by atoms with van der Waals surface area (Å²) in [5.74, 6) is -0.815. The van der Waals surface area contributed by atoms with E-state index in [2.05, 4.69) is 0 Å². The molecule has 98 valence electrons. The van der Waals surface area contributed by atoms with E-state index in [0.29, 0.717) is 0 Å². The van der Waals surface area contributed by atoms with Crippen LogP contribution in [0.2, 0.25) is 0 Å². The number of carbonyl (C=O) groups excluding carboxylic acids is 1. The highest BCUT2D eigenvalue weighted by Crippen LogP contribution is 2.24. The van der Waals surface area contributed by atoms with Crippen molar-refractivity contribution in [2.45, 2.75) is 17.5 Å². The highest BCUT2D eigenvalue weighted by atomic mass is 32.2. The van der Waals surface area contributed by atoms with Gasteiger partial charge < -0.3 is 5.73 Å². The first kappa shape index (κ1) is 13.0. The van der Waals surface area contributed by atoms with Gasteiger partial charge in [-0.15, -0.1) is 0 Å². The normalized spacial score (nSPS) is 21.1. The number of halogens is 1. The SMILES string of the molecule is NC(=O)c1ccccc1S(=O)(=O)N1CC[C@H](F)C1. The van der Waals surface area contributed by atoms with Crippen molar-refractivity contribution in [2.24, 2.45) is 5.73 Å². The predicted octanol–water partition coefficient (Wildman–Crippen LogP) is 0.518. The number of amides is 1. The summed E-state index contributed by atoms with van der Waals surface area (Å²) in [6.07, 6.45) is -0.974. The minimum atomic E-state index is -3.85. The third-order valence-electron chi connectivity index (χ3n) is 2.86. The molecule has 7 heteroatoms. The van der Waals surface area contributed by atoms with Crippen LogP contribution in [0.5, 0.6) is 0 Å². The molecule has 1 aromatic rings. The van der Waals surface area contributed by atoms with E-state index in [1.165, 1.54) is 24.3 Å². The number of sulfonamides is 1. The summed E-state index contributed by atoms with van der Waals surface area (Å²) in [6.45, 7) is -0.0496. The first-order valence-electron chi connectivity index (χ1n) is 5.46. The zero-order valence-electron chi connectivity index (χ0n) is 9.54. The average molecular weight is 272 g/mol. The maximum atomic E-state index is 13.1. The van der Waals surface area contributed by atoms with Crippen LogP contribution in [0.25, 0.3) is 0 Å². The van der Waals surface area contributed by atoms with Crippen molar-refractivity contribution in [3.63, 3.8) is 0 Å². The van der Waals surface area contributed by atoms with E-state index in [4.69, 9.17) is 5.73 Å². The van der Waals surface area contributed by atoms with Crippen molar-refractivity contribution in [1.29, 1.82) is 0 Å². The van der Waals surface area contributed by atoms with E-state index in [0.717, 1.165) is 4.31 Å². The van der Waals surface area contributed by atoms with Crippen LogP contribution in [0.3, 0.4) is 0 Å². The topological polar surface area (TPSA) is 80.5 Å². The number of primary amides is 1. The van der Waals surface area contributed by atoms with Crippen LogP contribution in [0.4, 0.5) is 4.39 Å². The van der Waals surface area contributed by atoms with E-state index >= 15 is 0 Å². The van der Waals surface area contributed by atoms with Gasteiger partial charge in [-0.2, -0.15) is 4.31 Å². The van der Waals surface area contributed by atoms with Crippen LogP contribution in [-0.4, -0.2) is 37.9 Å². The molecule has 0 aromatic heterocycles. The van der Waals surface area contributed by atoms with Crippen LogP contribution >= 0.6 is 0 Å². The van der Waals surface area contributed by atoms with E-state index < -0.39 is 22.1 Å². The first-order valence-corrected chi connectivity index (χ1v) is 6.90. The number of rotatable bonds is 3. The Morgan fingerprint density at radius 1 is 1.39 bits per heavy atom. The monoisotopic (exact) mass is 272 g/mol. The molecule has 0 radical (unpaired) electrons. The summed E-state index contributed by atoms with van der Waals surface area (Å²) < 4.78 is 38.6. The van der Waals surface area contributed by atoms with Crippen LogP contribution in [-0.2, 0) is 10.0 Å². The van der Waals surface area contributed by atoms with Crippen LogP contribution in [0.1, 0.15) is 16.8 Å². The predicted molar refractivity (Wildman–Crippen MR) is 63.2 cm³/mol. The van der Waals surface area contributed by atoms with E-state index in [-0.39, 0.29) is 30.0 Å². The summed E-state index contributed by atoms with van der Waals surface area (Å²) in [7, 11) is -3.85. The molecule has 0 saturated carbocycles. The second kappa shape index (κ2) is 4.66. The van der Waals surface area contributed by atoms with Gasteiger partial charge in [-0.25, -0.2) is 12.8 Å². The Bertz CT molecular complexity index is 573. The van der Waals surface area contributed by atoms with Gasteiger partial charge in [0.05, 0.1) is 10.5 Å². The summed E-state index contributed by atoms with van der Waals surface area (Å²) in [5, 5.41) is 0. The molecule has 1 aliphatic rings. The van der Waals surface area contributed by atoms with Crippen molar-refractivity contribution < 1.29 is 17.6 Å². The second-order valence-electron chi connectivity index (χ2n) is 4.11. The summed E-state index contributed by atoms with van der Waals surface area (Å²) in [5.41, 5.74) is 5.07. The lowest BCUT2D eigenvalue weighted by atomic mass is 10.2. The van der Waals surface area contributed by atoms with Gasteiger partial charge in [0, 0.05) is 13.1 Å². The van der Waals surface area contributed by atoms with Crippen LogP contribution in [0, 0.1) is 0 Å². The number of benzene rings is 1. The molecule has 0 bridgehead atoms. The molecule has 1 amide bonds. The standard InChI is InChI=1S/C11H13FN2O3S/c12-8-5-6-14(7-8)18(16,17)10-4-2-1-3-9(10)11(13)15/h1-4,8H,5-7H2,(H2,13,15)/t8-/m0/s1. The molecule has 5 nitrogen and oxygen atoms in total. The number of alkyl halides is 1. The Labute approximate surface area is 104 Å². The smallest absolute Gasteiger partial charge is 0.250 e. The van der Waals surface area contributed by atoms with Gasteiger partial charge in [-0.05, 0) is 18.6 Å². The van der Waals surface area contributed by atoms with Crippen LogP contribution < -0.4 is 5.73 Å². The molecule has 0 aliphatic carbocycles. The van der Waals surface area contributed by atoms with Crippen molar-refractivity contribution in [3.8, 4) is 0 Å². The number of nitrogens with zero attached hydrogens (tertiary/aromatic N) is 1. The lowest BCUT2D eigenvalue weighted by Crippen LogP contribution is -2.31. The fourth-order valence-electron chi connectivity index (χ4n) is 1.94. The Balaban J connectivity index is 2.45. The molecular weight excluding hydrogens is 259 g/mol. The van der Waals surface area contributed by atoms with Crippen molar-refractivity contribution >= 4 is 15.9 Å². The maximum Gasteiger partial charge on any atom is 0.250 e. The van der Waals surface area contributed by atoms with Crippen molar-refractivity contribution in [3.05, 3.63) is 29.8 Å². The Morgan fingerprint density at radius 2 is 2.06 bits per heavy atom. The lowest BCUT2D eigenvalue weighted by Gasteiger charge is -2.16. The summed E-state index contributed by atoms with van der Waals surface area (Å²) >= 11 is 0. The highest BCUT2D eigenvalue weighted by Gasteiger charge is 2.34. The number of nitrogens with two attached hydrogens (primary N) is 1. The summed E-state index contributed by atoms with van der Waals surface area (Å²) in [4.78, 5) is 11.1. The van der Waals surface area contributed by atoms with Crippen molar-refractivity contribution in [1.82, 2.24) is 4.31 Å². The second-order valence-corrected chi connectivity index (χ2v) is 6.02. The summed E-state index contributed by atoms with van der Waals surface area (Å²) in [6, 6.07) is 5.68. The largest absolute Gasteiger partial charge is 0.366 e. The van der Waals surface area contributed by atoms with Gasteiger partial charge in [-0.1, -0.05) is 12.1 Å². The molecule has 0 spiro atoms. The third kappa shape index (κ3) is 2.23. The first-order chi connectivity index (χ1) is 8.43. The van der Waals surface area contributed by atoms with Gasteiger partial charge in [0.15, 0.2) is 0 Å². The molecule has 1 aromatic carbocycles. The van der Waals surface area contributed by atoms with Crippen molar-refractivity contribution in [2.75, 3.05) is 13.1 Å². The Morgan fingerprint density at radius 3 is 2.61 bits per heavy atom. The molecular formula is C11H13FN2O3S. The molecule has 1 heterocycles. The number of hydrogen-bond acceptors (Lipinski definition) is 3. The van der Waals surface area contributed by atoms with E-state index in [9.17, 15) is 17.6 Å². The molecule has 0 unspecified atom stereocenters. The molecule has 18 heavy (non-hydrogen) atoms. The third-order valence-corrected chi connectivity index (χ3v) is 4.79.